The summed E-state index contributed by atoms with van der Waals surface area (Å²) < 4.78 is 4.90. The van der Waals surface area contributed by atoms with E-state index >= 15 is 0 Å². The fraction of sp³-hybridized carbons (Fsp3) is 0.167. The lowest BCUT2D eigenvalue weighted by Crippen LogP contribution is -2.31. The maximum absolute atomic E-state index is 12.1. The highest BCUT2D eigenvalue weighted by molar-refractivity contribution is 5.98. The lowest BCUT2D eigenvalue weighted by molar-refractivity contribution is 0.175. The summed E-state index contributed by atoms with van der Waals surface area (Å²) in [6.45, 7) is 9.95. The van der Waals surface area contributed by atoms with Crippen molar-refractivity contribution in [3.63, 3.8) is 0 Å². The molecular formula is C24H26N2O3. The smallest absolute Gasteiger partial charge is 0.414 e. The Kier molecular flexibility index (Phi) is 8.45. The van der Waals surface area contributed by atoms with Crippen molar-refractivity contribution in [1.82, 2.24) is 0 Å². The van der Waals surface area contributed by atoms with E-state index in [9.17, 15) is 4.79 Å². The zero-order valence-electron chi connectivity index (χ0n) is 16.9. The minimum Gasteiger partial charge on any atom is -0.452 e. The van der Waals surface area contributed by atoms with Gasteiger partial charge in [-0.25, -0.2) is 4.79 Å². The third kappa shape index (κ3) is 6.21. The van der Waals surface area contributed by atoms with Crippen LogP contribution in [0.4, 0.5) is 10.5 Å². The van der Waals surface area contributed by atoms with Gasteiger partial charge in [-0.2, -0.15) is 0 Å². The number of methoxy groups -OCH3 is 1. The third-order valence-corrected chi connectivity index (χ3v) is 4.11. The number of amides is 1. The van der Waals surface area contributed by atoms with E-state index in [4.69, 9.17) is 9.57 Å². The Labute approximate surface area is 172 Å². The Hall–Kier alpha value is -3.60. The average molecular weight is 390 g/mol. The highest BCUT2D eigenvalue weighted by Gasteiger charge is 2.16. The van der Waals surface area contributed by atoms with Crippen LogP contribution < -0.4 is 4.90 Å². The molecule has 0 unspecified atom stereocenters. The summed E-state index contributed by atoms with van der Waals surface area (Å²) in [4.78, 5) is 18.8. The fourth-order valence-corrected chi connectivity index (χ4v) is 2.65. The Morgan fingerprint density at radius 3 is 2.45 bits per heavy atom. The van der Waals surface area contributed by atoms with Crippen molar-refractivity contribution in [2.24, 2.45) is 5.16 Å². The lowest BCUT2D eigenvalue weighted by Gasteiger charge is -2.21. The maximum atomic E-state index is 12.1. The fourth-order valence-electron chi connectivity index (χ4n) is 2.65. The van der Waals surface area contributed by atoms with Crippen LogP contribution in [0.25, 0.3) is 12.2 Å². The summed E-state index contributed by atoms with van der Waals surface area (Å²) in [5.74, 6) is 0. The number of hydrogen-bond donors (Lipinski definition) is 0. The van der Waals surface area contributed by atoms with Gasteiger partial charge in [-0.05, 0) is 29.7 Å². The topological polar surface area (TPSA) is 51.1 Å². The summed E-state index contributed by atoms with van der Waals surface area (Å²) in [6.07, 6.45) is 6.85. The van der Waals surface area contributed by atoms with Crippen LogP contribution in [0.1, 0.15) is 23.6 Å². The van der Waals surface area contributed by atoms with Gasteiger partial charge >= 0.3 is 6.09 Å². The molecule has 29 heavy (non-hydrogen) atoms. The van der Waals surface area contributed by atoms with E-state index in [1.54, 1.807) is 17.1 Å². The first-order valence-corrected chi connectivity index (χ1v) is 9.22. The van der Waals surface area contributed by atoms with E-state index in [1.807, 2.05) is 67.6 Å². The lowest BCUT2D eigenvalue weighted by atomic mass is 10.1. The van der Waals surface area contributed by atoms with E-state index in [0.717, 1.165) is 28.1 Å². The van der Waals surface area contributed by atoms with Gasteiger partial charge in [0.2, 0.25) is 0 Å². The standard InChI is InChI=1S/C24H26N2O3/c1-5-17-26(24(27)28-4)23-10-8-7-9-22(23)16-13-20-11-14-21(15-12-20)19(3)25-29-18-6-2/h5-16H,1-2,17-18H2,3-4H3/b16-13+,25-19+. The van der Waals surface area contributed by atoms with Crippen LogP contribution in [0.5, 0.6) is 0 Å². The molecule has 0 N–H and O–H groups in total. The first kappa shape index (κ1) is 21.7. The van der Waals surface area contributed by atoms with Crippen LogP contribution in [0.2, 0.25) is 0 Å². The van der Waals surface area contributed by atoms with Crippen LogP contribution in [0.3, 0.4) is 0 Å². The highest BCUT2D eigenvalue weighted by atomic mass is 16.6. The Bertz CT molecular complexity index is 899. The molecular weight excluding hydrogens is 364 g/mol. The predicted molar refractivity (Wildman–Crippen MR) is 120 cm³/mol. The van der Waals surface area contributed by atoms with E-state index < -0.39 is 6.09 Å². The van der Waals surface area contributed by atoms with E-state index in [1.165, 1.54) is 7.11 Å². The van der Waals surface area contributed by atoms with E-state index in [-0.39, 0.29) is 0 Å². The molecule has 0 aromatic heterocycles. The summed E-state index contributed by atoms with van der Waals surface area (Å²) >= 11 is 0. The van der Waals surface area contributed by atoms with Crippen LogP contribution in [0.15, 0.2) is 79.0 Å². The first-order valence-electron chi connectivity index (χ1n) is 9.22. The molecule has 0 aliphatic rings. The summed E-state index contributed by atoms with van der Waals surface area (Å²) in [6, 6.07) is 15.6. The van der Waals surface area contributed by atoms with Crippen molar-refractivity contribution in [2.45, 2.75) is 6.92 Å². The maximum Gasteiger partial charge on any atom is 0.414 e. The number of nitrogens with zero attached hydrogens (tertiary/aromatic N) is 2. The van der Waals surface area contributed by atoms with Gasteiger partial charge in [-0.3, -0.25) is 4.90 Å². The van der Waals surface area contributed by atoms with Crippen LogP contribution in [-0.2, 0) is 9.57 Å². The molecule has 0 bridgehead atoms. The second-order valence-electron chi connectivity index (χ2n) is 6.14. The predicted octanol–water partition coefficient (Wildman–Crippen LogP) is 5.54. The number of rotatable bonds is 9. The molecule has 150 valence electrons. The summed E-state index contributed by atoms with van der Waals surface area (Å²) in [5.41, 5.74) is 4.46. The van der Waals surface area contributed by atoms with Gasteiger partial charge in [0.25, 0.3) is 0 Å². The zero-order valence-corrected chi connectivity index (χ0v) is 16.9. The quantitative estimate of drug-likeness (QED) is 0.186. The third-order valence-electron chi connectivity index (χ3n) is 4.11. The van der Waals surface area contributed by atoms with Crippen LogP contribution >= 0.6 is 0 Å². The molecule has 2 rings (SSSR count). The average Bonchev–Trinajstić information content (AvgIpc) is 2.76. The Morgan fingerprint density at radius 1 is 1.07 bits per heavy atom. The number of hydrogen-bond acceptors (Lipinski definition) is 4. The number of benzene rings is 2. The van der Waals surface area contributed by atoms with Crippen molar-refractivity contribution in [2.75, 3.05) is 25.2 Å². The number of anilines is 1. The molecule has 0 saturated carbocycles. The first-order chi connectivity index (χ1) is 14.1. The van der Waals surface area contributed by atoms with Crippen molar-refractivity contribution >= 4 is 29.6 Å². The summed E-state index contributed by atoms with van der Waals surface area (Å²) in [7, 11) is 1.37. The van der Waals surface area contributed by atoms with Gasteiger partial charge in [0.1, 0.15) is 6.61 Å². The molecule has 2 aromatic rings. The molecule has 2 aromatic carbocycles. The van der Waals surface area contributed by atoms with Crippen molar-refractivity contribution in [1.29, 1.82) is 0 Å². The number of para-hydroxylation sites is 1. The van der Waals surface area contributed by atoms with Gasteiger partial charge in [-0.15, -0.1) is 6.58 Å². The van der Waals surface area contributed by atoms with Crippen LogP contribution in [-0.4, -0.2) is 32.1 Å². The highest BCUT2D eigenvalue weighted by Crippen LogP contribution is 2.23. The van der Waals surface area contributed by atoms with Crippen molar-refractivity contribution < 1.29 is 14.4 Å². The number of ether oxygens (including phenoxy) is 1. The summed E-state index contributed by atoms with van der Waals surface area (Å²) in [5, 5.41) is 4.05. The minimum atomic E-state index is -0.427. The Morgan fingerprint density at radius 2 is 1.79 bits per heavy atom. The molecule has 0 aliphatic heterocycles. The van der Waals surface area contributed by atoms with Gasteiger partial charge < -0.3 is 9.57 Å². The molecule has 0 atom stereocenters. The van der Waals surface area contributed by atoms with Crippen molar-refractivity contribution in [3.8, 4) is 0 Å². The molecule has 0 saturated heterocycles. The van der Waals surface area contributed by atoms with E-state index in [2.05, 4.69) is 18.3 Å². The number of oxime groups is 1. The molecule has 0 fully saturated rings. The molecule has 1 amide bonds. The second kappa shape index (κ2) is 11.3. The molecule has 5 nitrogen and oxygen atoms in total. The molecule has 0 heterocycles. The molecule has 0 aliphatic carbocycles. The number of carbonyl (C=O) groups is 1. The van der Waals surface area contributed by atoms with Gasteiger partial charge in [0.15, 0.2) is 0 Å². The minimum absolute atomic E-state index is 0.360. The van der Waals surface area contributed by atoms with Gasteiger partial charge in [0.05, 0.1) is 18.5 Å². The van der Waals surface area contributed by atoms with Crippen LogP contribution in [0, 0.1) is 0 Å². The van der Waals surface area contributed by atoms with E-state index in [0.29, 0.717) is 13.2 Å². The van der Waals surface area contributed by atoms with Crippen molar-refractivity contribution in [3.05, 3.63) is 90.5 Å². The van der Waals surface area contributed by atoms with Gasteiger partial charge in [0, 0.05) is 6.54 Å². The largest absolute Gasteiger partial charge is 0.452 e. The number of carbonyl (C=O) groups excluding carboxylic acids is 1. The second-order valence-corrected chi connectivity index (χ2v) is 6.14. The molecule has 0 radical (unpaired) electrons. The normalized spacial score (nSPS) is 11.2. The van der Waals surface area contributed by atoms with Gasteiger partial charge in [-0.1, -0.05) is 78.5 Å². The SMILES string of the molecule is C=CCO/N=C(\C)c1ccc(/C=C/c2ccccc2N(CC=C)C(=O)OC)cc1. The zero-order chi connectivity index (χ0) is 21.1. The molecule has 5 heteroatoms. The monoisotopic (exact) mass is 390 g/mol. The molecule has 0 spiro atoms. The Balaban J connectivity index is 2.22.